The highest BCUT2D eigenvalue weighted by Crippen LogP contribution is 2.24. The summed E-state index contributed by atoms with van der Waals surface area (Å²) < 4.78 is 38.4. The van der Waals surface area contributed by atoms with Crippen molar-refractivity contribution in [2.45, 2.75) is 6.42 Å². The van der Waals surface area contributed by atoms with E-state index in [0.29, 0.717) is 13.1 Å². The number of nitrogens with zero attached hydrogens (tertiary/aromatic N) is 3. The third kappa shape index (κ3) is 4.81. The molecule has 9 heteroatoms. The number of anilines is 1. The molecule has 1 aliphatic rings. The number of hydrogen-bond acceptors (Lipinski definition) is 4. The lowest BCUT2D eigenvalue weighted by Crippen LogP contribution is -2.48. The molecule has 1 saturated heterocycles. The first-order chi connectivity index (χ1) is 11.2. The molecule has 0 radical (unpaired) electrons. The van der Waals surface area contributed by atoms with Crippen LogP contribution in [0.3, 0.4) is 0 Å². The quantitative estimate of drug-likeness (QED) is 0.778. The highest BCUT2D eigenvalue weighted by Gasteiger charge is 2.23. The minimum absolute atomic E-state index is 0.00797. The molecule has 0 unspecified atom stereocenters. The Morgan fingerprint density at radius 3 is 2.46 bits per heavy atom. The predicted molar refractivity (Wildman–Crippen MR) is 92.3 cm³/mol. The normalized spacial score (nSPS) is 16.2. The summed E-state index contributed by atoms with van der Waals surface area (Å²) in [6.07, 6.45) is 1.11. The van der Waals surface area contributed by atoms with Crippen LogP contribution in [-0.2, 0) is 14.8 Å². The molecule has 2 rings (SSSR count). The van der Waals surface area contributed by atoms with Gasteiger partial charge >= 0.3 is 0 Å². The second kappa shape index (κ2) is 7.67. The van der Waals surface area contributed by atoms with Gasteiger partial charge in [0.15, 0.2) is 0 Å². The Labute approximate surface area is 146 Å². The van der Waals surface area contributed by atoms with Gasteiger partial charge in [0.2, 0.25) is 15.9 Å². The monoisotopic (exact) mass is 377 g/mol. The number of benzene rings is 1. The molecule has 6 nitrogen and oxygen atoms in total. The topological polar surface area (TPSA) is 60.9 Å². The highest BCUT2D eigenvalue weighted by molar-refractivity contribution is 7.92. The predicted octanol–water partition coefficient (Wildman–Crippen LogP) is 1.41. The van der Waals surface area contributed by atoms with E-state index in [1.165, 1.54) is 12.1 Å². The lowest BCUT2D eigenvalue weighted by atomic mass is 10.2. The third-order valence-corrected chi connectivity index (χ3v) is 5.46. The molecular weight excluding hydrogens is 357 g/mol. The van der Waals surface area contributed by atoms with E-state index in [9.17, 15) is 17.6 Å². The summed E-state index contributed by atoms with van der Waals surface area (Å²) in [5.74, 6) is -0.715. The molecule has 1 amide bonds. The fraction of sp³-hybridized carbons (Fsp3) is 0.533. The van der Waals surface area contributed by atoms with Crippen molar-refractivity contribution in [2.24, 2.45) is 0 Å². The van der Waals surface area contributed by atoms with Crippen LogP contribution in [0.25, 0.3) is 0 Å². The first kappa shape index (κ1) is 19.0. The summed E-state index contributed by atoms with van der Waals surface area (Å²) in [5.41, 5.74) is 0.245. The molecule has 0 aliphatic carbocycles. The van der Waals surface area contributed by atoms with Gasteiger partial charge in [0, 0.05) is 39.1 Å². The molecular formula is C15H21ClFN3O3S. The Bertz CT molecular complexity index is 706. The minimum atomic E-state index is -3.61. The summed E-state index contributed by atoms with van der Waals surface area (Å²) in [6, 6.07) is 3.69. The van der Waals surface area contributed by atoms with Gasteiger partial charge < -0.3 is 9.80 Å². The lowest BCUT2D eigenvalue weighted by Gasteiger charge is -2.33. The van der Waals surface area contributed by atoms with E-state index in [2.05, 4.69) is 4.90 Å². The van der Waals surface area contributed by atoms with Crippen LogP contribution in [0.4, 0.5) is 10.1 Å². The zero-order chi connectivity index (χ0) is 17.9. The smallest absolute Gasteiger partial charge is 0.232 e. The average molecular weight is 378 g/mol. The Hall–Kier alpha value is -1.38. The van der Waals surface area contributed by atoms with Crippen LogP contribution < -0.4 is 4.31 Å². The number of rotatable bonds is 5. The van der Waals surface area contributed by atoms with Crippen molar-refractivity contribution in [2.75, 3.05) is 50.3 Å². The molecule has 0 saturated carbocycles. The molecule has 0 N–H and O–H groups in total. The molecule has 1 aliphatic heterocycles. The van der Waals surface area contributed by atoms with Crippen LogP contribution in [0.2, 0.25) is 5.02 Å². The van der Waals surface area contributed by atoms with Gasteiger partial charge in [-0.2, -0.15) is 0 Å². The number of piperazine rings is 1. The second-order valence-electron chi connectivity index (χ2n) is 5.87. The lowest BCUT2D eigenvalue weighted by molar-refractivity contribution is -0.132. The molecule has 0 atom stereocenters. The maximum absolute atomic E-state index is 13.3. The van der Waals surface area contributed by atoms with Crippen molar-refractivity contribution < 1.29 is 17.6 Å². The van der Waals surface area contributed by atoms with Crippen LogP contribution in [-0.4, -0.2) is 70.2 Å². The Kier molecular flexibility index (Phi) is 6.06. The number of halogens is 2. The van der Waals surface area contributed by atoms with Crippen LogP contribution in [0, 0.1) is 5.82 Å². The molecule has 0 aromatic heterocycles. The first-order valence-electron chi connectivity index (χ1n) is 7.57. The van der Waals surface area contributed by atoms with Gasteiger partial charge in [0.25, 0.3) is 0 Å². The van der Waals surface area contributed by atoms with Crippen molar-refractivity contribution in [1.82, 2.24) is 9.80 Å². The van der Waals surface area contributed by atoms with Crippen LogP contribution >= 0.6 is 11.6 Å². The number of amides is 1. The zero-order valence-corrected chi connectivity index (χ0v) is 15.3. The van der Waals surface area contributed by atoms with Crippen LogP contribution in [0.5, 0.6) is 0 Å². The number of carbonyl (C=O) groups is 1. The number of sulfonamides is 1. The summed E-state index contributed by atoms with van der Waals surface area (Å²) in [5, 5.41) is -0.161. The molecule has 0 bridgehead atoms. The Balaban J connectivity index is 2.07. The van der Waals surface area contributed by atoms with E-state index in [0.717, 1.165) is 29.7 Å². The van der Waals surface area contributed by atoms with Gasteiger partial charge in [-0.25, -0.2) is 12.8 Å². The summed E-state index contributed by atoms with van der Waals surface area (Å²) in [4.78, 5) is 16.2. The van der Waals surface area contributed by atoms with Crippen molar-refractivity contribution in [3.05, 3.63) is 29.0 Å². The van der Waals surface area contributed by atoms with Crippen molar-refractivity contribution >= 4 is 33.2 Å². The number of carbonyl (C=O) groups excluding carboxylic acids is 1. The molecule has 1 aromatic carbocycles. The van der Waals surface area contributed by atoms with Crippen molar-refractivity contribution in [3.8, 4) is 0 Å². The fourth-order valence-corrected chi connectivity index (χ4v) is 3.63. The molecule has 0 spiro atoms. The van der Waals surface area contributed by atoms with Crippen LogP contribution in [0.1, 0.15) is 6.42 Å². The average Bonchev–Trinajstić information content (AvgIpc) is 2.50. The van der Waals surface area contributed by atoms with Gasteiger partial charge in [0.05, 0.1) is 17.0 Å². The third-order valence-electron chi connectivity index (χ3n) is 3.98. The number of likely N-dealkylation sites (N-methyl/N-ethyl adjacent to an activating group) is 1. The zero-order valence-electron chi connectivity index (χ0n) is 13.7. The fourth-order valence-electron chi connectivity index (χ4n) is 2.54. The highest BCUT2D eigenvalue weighted by atomic mass is 35.5. The summed E-state index contributed by atoms with van der Waals surface area (Å²) >= 11 is 5.73. The first-order valence-corrected chi connectivity index (χ1v) is 9.80. The Morgan fingerprint density at radius 2 is 1.92 bits per heavy atom. The summed E-state index contributed by atoms with van der Waals surface area (Å²) in [7, 11) is -1.62. The van der Waals surface area contributed by atoms with E-state index in [1.54, 1.807) is 4.90 Å². The molecule has 1 aromatic rings. The van der Waals surface area contributed by atoms with Gasteiger partial charge in [-0.05, 0) is 25.2 Å². The molecule has 1 fully saturated rings. The standard InChI is InChI=1S/C15H21ClFN3O3S/c1-18-7-9-19(10-8-18)15(21)5-6-20(24(2,22)23)12-3-4-14(17)13(16)11-12/h3-4,11H,5-10H2,1-2H3. The van der Waals surface area contributed by atoms with E-state index in [1.807, 2.05) is 7.05 Å². The number of hydrogen-bond donors (Lipinski definition) is 0. The van der Waals surface area contributed by atoms with Crippen molar-refractivity contribution in [1.29, 1.82) is 0 Å². The van der Waals surface area contributed by atoms with E-state index < -0.39 is 15.8 Å². The van der Waals surface area contributed by atoms with Gasteiger partial charge in [-0.1, -0.05) is 11.6 Å². The van der Waals surface area contributed by atoms with Gasteiger partial charge in [0.1, 0.15) is 5.82 Å². The molecule has 24 heavy (non-hydrogen) atoms. The van der Waals surface area contributed by atoms with E-state index in [4.69, 9.17) is 11.6 Å². The van der Waals surface area contributed by atoms with Gasteiger partial charge in [-0.15, -0.1) is 0 Å². The maximum atomic E-state index is 13.3. The van der Waals surface area contributed by atoms with Crippen molar-refractivity contribution in [3.63, 3.8) is 0 Å². The molecule has 134 valence electrons. The Morgan fingerprint density at radius 1 is 1.29 bits per heavy atom. The van der Waals surface area contributed by atoms with Crippen LogP contribution in [0.15, 0.2) is 18.2 Å². The SMILES string of the molecule is CN1CCN(C(=O)CCN(c2ccc(F)c(Cl)c2)S(C)(=O)=O)CC1. The molecule has 1 heterocycles. The second-order valence-corrected chi connectivity index (χ2v) is 8.18. The minimum Gasteiger partial charge on any atom is -0.340 e. The maximum Gasteiger partial charge on any atom is 0.232 e. The summed E-state index contributed by atoms with van der Waals surface area (Å²) in [6.45, 7) is 2.86. The largest absolute Gasteiger partial charge is 0.340 e. The van der Waals surface area contributed by atoms with Gasteiger partial charge in [-0.3, -0.25) is 9.10 Å². The van der Waals surface area contributed by atoms with E-state index >= 15 is 0 Å². The van der Waals surface area contributed by atoms with E-state index in [-0.39, 0.29) is 29.6 Å².